The van der Waals surface area contributed by atoms with Crippen molar-refractivity contribution in [3.63, 3.8) is 0 Å². The van der Waals surface area contributed by atoms with Gasteiger partial charge in [-0.1, -0.05) is 35.9 Å². The average Bonchev–Trinajstić information content (AvgIpc) is 2.77. The summed E-state index contributed by atoms with van der Waals surface area (Å²) in [5, 5.41) is 5.60. The lowest BCUT2D eigenvalue weighted by atomic mass is 9.98. The third-order valence-corrected chi connectivity index (χ3v) is 5.24. The van der Waals surface area contributed by atoms with E-state index in [1.54, 1.807) is 11.0 Å². The molecule has 3 rings (SSSR count). The zero-order valence-corrected chi connectivity index (χ0v) is 18.2. The number of hydrogen-bond acceptors (Lipinski definition) is 3. The number of likely N-dealkylation sites (tertiary alicyclic amines) is 1. The van der Waals surface area contributed by atoms with E-state index in [4.69, 9.17) is 0 Å². The fourth-order valence-electron chi connectivity index (χ4n) is 3.58. The van der Waals surface area contributed by atoms with Crippen molar-refractivity contribution < 1.29 is 27.5 Å². The van der Waals surface area contributed by atoms with Crippen LogP contribution in [0.2, 0.25) is 0 Å². The normalized spacial score (nSPS) is 16.5. The minimum atomic E-state index is -4.81. The van der Waals surface area contributed by atoms with Crippen LogP contribution >= 0.6 is 0 Å². The number of hydrogen-bond donors (Lipinski definition) is 2. The Morgan fingerprint density at radius 2 is 1.88 bits per heavy atom. The molecule has 0 bridgehead atoms. The molecule has 2 aromatic rings. The molecule has 0 saturated carbocycles. The van der Waals surface area contributed by atoms with E-state index in [0.29, 0.717) is 25.3 Å². The number of amides is 3. The van der Waals surface area contributed by atoms with Crippen molar-refractivity contribution in [1.82, 2.24) is 10.2 Å². The Labute approximate surface area is 190 Å². The lowest BCUT2D eigenvalue weighted by Crippen LogP contribution is -2.43. The highest BCUT2D eigenvalue weighted by atomic mass is 19.4. The molecule has 9 heteroatoms. The molecular weight excluding hydrogens is 435 g/mol. The van der Waals surface area contributed by atoms with Crippen LogP contribution in [-0.4, -0.2) is 42.8 Å². The molecule has 0 unspecified atom stereocenters. The van der Waals surface area contributed by atoms with Crippen molar-refractivity contribution >= 4 is 23.7 Å². The third-order valence-electron chi connectivity index (χ3n) is 5.24. The molecule has 0 radical (unpaired) electrons. The van der Waals surface area contributed by atoms with Crippen LogP contribution in [0.25, 0.3) is 6.08 Å². The van der Waals surface area contributed by atoms with Gasteiger partial charge in [-0.25, -0.2) is 4.79 Å². The van der Waals surface area contributed by atoms with Crippen molar-refractivity contribution in [2.75, 3.05) is 25.0 Å². The van der Waals surface area contributed by atoms with Crippen molar-refractivity contribution in [3.8, 4) is 5.75 Å². The summed E-state index contributed by atoms with van der Waals surface area (Å²) in [7, 11) is 0. The second-order valence-corrected chi connectivity index (χ2v) is 7.91. The number of nitrogens with zero attached hydrogens (tertiary/aromatic N) is 1. The number of aryl methyl sites for hydroxylation is 1. The fraction of sp³-hybridized carbons (Fsp3) is 0.333. The van der Waals surface area contributed by atoms with E-state index in [9.17, 15) is 22.8 Å². The maximum Gasteiger partial charge on any atom is 0.573 e. The topological polar surface area (TPSA) is 70.7 Å². The van der Waals surface area contributed by atoms with Gasteiger partial charge in [-0.05, 0) is 50.0 Å². The van der Waals surface area contributed by atoms with Crippen LogP contribution in [0.15, 0.2) is 54.6 Å². The van der Waals surface area contributed by atoms with Gasteiger partial charge in [0.1, 0.15) is 5.75 Å². The minimum Gasteiger partial charge on any atom is -0.405 e. The molecule has 2 N–H and O–H groups in total. The van der Waals surface area contributed by atoms with Crippen LogP contribution in [0.5, 0.6) is 5.75 Å². The molecule has 1 atom stereocenters. The number of urea groups is 1. The number of carbonyl (C=O) groups excluding carboxylic acids is 2. The van der Waals surface area contributed by atoms with Gasteiger partial charge in [-0.15, -0.1) is 13.2 Å². The van der Waals surface area contributed by atoms with Crippen molar-refractivity contribution in [1.29, 1.82) is 0 Å². The molecule has 33 heavy (non-hydrogen) atoms. The number of piperidine rings is 1. The molecule has 0 spiro atoms. The van der Waals surface area contributed by atoms with E-state index in [1.807, 2.05) is 31.2 Å². The Bertz CT molecular complexity index is 990. The van der Waals surface area contributed by atoms with E-state index in [1.165, 1.54) is 30.4 Å². The first-order chi connectivity index (χ1) is 15.7. The zero-order valence-electron chi connectivity index (χ0n) is 18.2. The number of alkyl halides is 3. The van der Waals surface area contributed by atoms with Gasteiger partial charge in [0.15, 0.2) is 0 Å². The van der Waals surface area contributed by atoms with E-state index >= 15 is 0 Å². The number of halogens is 3. The van der Waals surface area contributed by atoms with E-state index in [0.717, 1.165) is 18.4 Å². The number of rotatable bonds is 6. The van der Waals surface area contributed by atoms with Gasteiger partial charge in [-0.2, -0.15) is 0 Å². The van der Waals surface area contributed by atoms with Gasteiger partial charge < -0.3 is 20.3 Å². The van der Waals surface area contributed by atoms with Crippen LogP contribution < -0.4 is 15.4 Å². The predicted molar refractivity (Wildman–Crippen MR) is 120 cm³/mol. The maximum absolute atomic E-state index is 12.6. The summed E-state index contributed by atoms with van der Waals surface area (Å²) in [4.78, 5) is 26.4. The summed E-state index contributed by atoms with van der Waals surface area (Å²) in [5.74, 6) is -0.583. The molecule has 2 aromatic carbocycles. The second kappa shape index (κ2) is 10.9. The van der Waals surface area contributed by atoms with Crippen LogP contribution in [0.1, 0.15) is 24.0 Å². The molecule has 0 aliphatic carbocycles. The molecule has 6 nitrogen and oxygen atoms in total. The van der Waals surface area contributed by atoms with Gasteiger partial charge in [-0.3, -0.25) is 4.79 Å². The highest BCUT2D eigenvalue weighted by molar-refractivity contribution is 5.92. The van der Waals surface area contributed by atoms with Gasteiger partial charge in [0, 0.05) is 37.0 Å². The first kappa shape index (κ1) is 24.2. The number of para-hydroxylation sites is 1. The molecule has 1 heterocycles. The van der Waals surface area contributed by atoms with Crippen LogP contribution in [0.4, 0.5) is 23.7 Å². The molecule has 176 valence electrons. The Morgan fingerprint density at radius 3 is 2.61 bits per heavy atom. The summed E-state index contributed by atoms with van der Waals surface area (Å²) in [6.45, 7) is 3.38. The lowest BCUT2D eigenvalue weighted by molar-refractivity contribution is -0.274. The highest BCUT2D eigenvalue weighted by Gasteiger charge is 2.31. The van der Waals surface area contributed by atoms with Crippen molar-refractivity contribution in [3.05, 3.63) is 65.7 Å². The van der Waals surface area contributed by atoms with Gasteiger partial charge >= 0.3 is 12.4 Å². The molecule has 1 aliphatic rings. The van der Waals surface area contributed by atoms with E-state index in [2.05, 4.69) is 15.4 Å². The molecule has 1 saturated heterocycles. The monoisotopic (exact) mass is 461 g/mol. The summed E-state index contributed by atoms with van der Waals surface area (Å²) >= 11 is 0. The summed E-state index contributed by atoms with van der Waals surface area (Å²) in [6, 6.07) is 12.8. The van der Waals surface area contributed by atoms with Gasteiger partial charge in [0.2, 0.25) is 5.91 Å². The molecule has 1 fully saturated rings. The third kappa shape index (κ3) is 7.85. The number of nitrogens with one attached hydrogen (secondary N) is 2. The smallest absolute Gasteiger partial charge is 0.405 e. The number of benzene rings is 2. The van der Waals surface area contributed by atoms with Crippen molar-refractivity contribution in [2.24, 2.45) is 5.92 Å². The zero-order chi connectivity index (χ0) is 23.8. The van der Waals surface area contributed by atoms with Crippen LogP contribution in [-0.2, 0) is 4.79 Å². The Kier molecular flexibility index (Phi) is 7.97. The van der Waals surface area contributed by atoms with E-state index < -0.39 is 6.36 Å². The largest absolute Gasteiger partial charge is 0.573 e. The predicted octanol–water partition coefficient (Wildman–Crippen LogP) is 4.97. The first-order valence-electron chi connectivity index (χ1n) is 10.6. The number of anilines is 1. The SMILES string of the molecule is Cc1ccc(NC(=O)NC[C@@H]2CCCN(C(=O)/C=C\c3ccccc3OC(F)(F)F)C2)cc1. The highest BCUT2D eigenvalue weighted by Crippen LogP contribution is 2.27. The molecule has 1 aliphatic heterocycles. The fourth-order valence-corrected chi connectivity index (χ4v) is 3.58. The summed E-state index contributed by atoms with van der Waals surface area (Å²) in [5.41, 5.74) is 1.95. The Balaban J connectivity index is 1.51. The Morgan fingerprint density at radius 1 is 1.15 bits per heavy atom. The van der Waals surface area contributed by atoms with Crippen molar-refractivity contribution in [2.45, 2.75) is 26.1 Å². The Hall–Kier alpha value is -3.49. The molecule has 0 aromatic heterocycles. The standard InChI is InChI=1S/C24H26F3N3O3/c1-17-8-11-20(12-9-17)29-23(32)28-15-18-5-4-14-30(16-18)22(31)13-10-19-6-2-3-7-21(19)33-24(25,26)27/h2-3,6-13,18H,4-5,14-16H2,1H3,(H2,28,29,32)/b13-10-/t18-/m0/s1. The quantitative estimate of drug-likeness (QED) is 0.597. The van der Waals surface area contributed by atoms with E-state index in [-0.39, 0.29) is 29.2 Å². The maximum atomic E-state index is 12.6. The molecule has 3 amide bonds. The second-order valence-electron chi connectivity index (χ2n) is 7.91. The average molecular weight is 461 g/mol. The summed E-state index contributed by atoms with van der Waals surface area (Å²) in [6.07, 6.45) is -0.606. The first-order valence-corrected chi connectivity index (χ1v) is 10.6. The lowest BCUT2D eigenvalue weighted by Gasteiger charge is -2.32. The summed E-state index contributed by atoms with van der Waals surface area (Å²) < 4.78 is 41.7. The minimum absolute atomic E-state index is 0.0840. The van der Waals surface area contributed by atoms with Crippen LogP contribution in [0, 0.1) is 12.8 Å². The van der Waals surface area contributed by atoms with Crippen LogP contribution in [0.3, 0.4) is 0 Å². The van der Waals surface area contributed by atoms with Gasteiger partial charge in [0.05, 0.1) is 0 Å². The van der Waals surface area contributed by atoms with Gasteiger partial charge in [0.25, 0.3) is 0 Å². The number of ether oxygens (including phenoxy) is 1. The number of carbonyl (C=O) groups is 2. The molecular formula is C24H26F3N3O3.